The number of carbonyl (C=O) groups excluding carboxylic acids is 1. The Morgan fingerprint density at radius 1 is 1.09 bits per heavy atom. The van der Waals surface area contributed by atoms with E-state index in [1.165, 1.54) is 0 Å². The maximum absolute atomic E-state index is 11.5. The van der Waals surface area contributed by atoms with Crippen LogP contribution in [0.5, 0.6) is 0 Å². The molecule has 0 aromatic heterocycles. The van der Waals surface area contributed by atoms with Gasteiger partial charge in [0.1, 0.15) is 0 Å². The lowest BCUT2D eigenvalue weighted by atomic mass is 10.2. The van der Waals surface area contributed by atoms with Crippen molar-refractivity contribution >= 4 is 5.91 Å². The van der Waals surface area contributed by atoms with Crippen molar-refractivity contribution in [1.82, 2.24) is 14.7 Å². The largest absolute Gasteiger partial charge is 0.379 e. The number of nitrogens with zero attached hydrogens (tertiary/aromatic N) is 3. The van der Waals surface area contributed by atoms with Crippen molar-refractivity contribution < 1.29 is 24.1 Å². The highest BCUT2D eigenvalue weighted by atomic mass is 16.8. The average molecular weight is 331 g/mol. The highest BCUT2D eigenvalue weighted by Gasteiger charge is 2.30. The molecule has 0 aromatic rings. The highest BCUT2D eigenvalue weighted by Crippen LogP contribution is 2.14. The molecule has 0 radical (unpaired) electrons. The molecule has 2 rings (SSSR count). The Bertz CT molecular complexity index is 357. The minimum atomic E-state index is -1.19. The van der Waals surface area contributed by atoms with Gasteiger partial charge in [-0.3, -0.25) is 14.6 Å². The Morgan fingerprint density at radius 2 is 1.70 bits per heavy atom. The van der Waals surface area contributed by atoms with Gasteiger partial charge in [-0.15, -0.1) is 0 Å². The van der Waals surface area contributed by atoms with Crippen LogP contribution in [0.1, 0.15) is 13.8 Å². The predicted molar refractivity (Wildman–Crippen MR) is 83.6 cm³/mol. The molecule has 2 aliphatic heterocycles. The number of hydrogen-bond donors (Lipinski definition) is 1. The SMILES string of the molecule is CCOC(O)OCC(N1CCOCC1)N1CCN(C(C)=O)CC1. The van der Waals surface area contributed by atoms with E-state index in [1.54, 1.807) is 6.92 Å². The number of aliphatic hydroxyl groups is 1. The number of rotatable bonds is 7. The molecule has 8 nitrogen and oxygen atoms in total. The third kappa shape index (κ3) is 5.66. The number of morpholine rings is 1. The van der Waals surface area contributed by atoms with Crippen molar-refractivity contribution in [2.75, 3.05) is 65.7 Å². The zero-order chi connectivity index (χ0) is 16.7. The maximum Gasteiger partial charge on any atom is 0.269 e. The summed E-state index contributed by atoms with van der Waals surface area (Å²) in [5.74, 6) is 0.121. The smallest absolute Gasteiger partial charge is 0.269 e. The third-order valence-electron chi connectivity index (χ3n) is 4.35. The van der Waals surface area contributed by atoms with Gasteiger partial charge in [0, 0.05) is 52.8 Å². The summed E-state index contributed by atoms with van der Waals surface area (Å²) in [6, 6.07) is 0. The van der Waals surface area contributed by atoms with Crippen LogP contribution >= 0.6 is 0 Å². The maximum atomic E-state index is 11.5. The zero-order valence-corrected chi connectivity index (χ0v) is 14.1. The van der Waals surface area contributed by atoms with Crippen LogP contribution in [-0.2, 0) is 19.0 Å². The molecular weight excluding hydrogens is 302 g/mol. The van der Waals surface area contributed by atoms with E-state index in [9.17, 15) is 9.90 Å². The molecule has 8 heteroatoms. The van der Waals surface area contributed by atoms with Gasteiger partial charge < -0.3 is 24.2 Å². The number of amides is 1. The Balaban J connectivity index is 1.91. The van der Waals surface area contributed by atoms with Gasteiger partial charge in [-0.1, -0.05) is 0 Å². The fourth-order valence-corrected chi connectivity index (χ4v) is 3.01. The predicted octanol–water partition coefficient (Wildman–Crippen LogP) is -0.862. The Kier molecular flexibility index (Phi) is 7.68. The van der Waals surface area contributed by atoms with Gasteiger partial charge in [0.25, 0.3) is 6.48 Å². The first-order valence-corrected chi connectivity index (χ1v) is 8.34. The van der Waals surface area contributed by atoms with Gasteiger partial charge in [-0.05, 0) is 6.92 Å². The summed E-state index contributed by atoms with van der Waals surface area (Å²) in [5.41, 5.74) is 0. The normalized spacial score (nSPS) is 23.7. The first-order valence-electron chi connectivity index (χ1n) is 8.34. The molecule has 2 fully saturated rings. The van der Waals surface area contributed by atoms with E-state index in [2.05, 4.69) is 9.80 Å². The molecular formula is C15H29N3O5. The summed E-state index contributed by atoms with van der Waals surface area (Å²) >= 11 is 0. The molecule has 0 bridgehead atoms. The fraction of sp³-hybridized carbons (Fsp3) is 0.933. The molecule has 134 valence electrons. The molecule has 2 heterocycles. The Morgan fingerprint density at radius 3 is 2.26 bits per heavy atom. The van der Waals surface area contributed by atoms with E-state index in [1.807, 2.05) is 11.8 Å². The van der Waals surface area contributed by atoms with E-state index >= 15 is 0 Å². The molecule has 2 unspecified atom stereocenters. The fourth-order valence-electron chi connectivity index (χ4n) is 3.01. The topological polar surface area (TPSA) is 74.7 Å². The summed E-state index contributed by atoms with van der Waals surface area (Å²) in [5, 5.41) is 9.65. The zero-order valence-electron chi connectivity index (χ0n) is 14.1. The monoisotopic (exact) mass is 331 g/mol. The van der Waals surface area contributed by atoms with Gasteiger partial charge in [0.15, 0.2) is 0 Å². The van der Waals surface area contributed by atoms with Gasteiger partial charge in [0.05, 0.1) is 26.0 Å². The number of carbonyl (C=O) groups is 1. The van der Waals surface area contributed by atoms with Crippen molar-refractivity contribution in [2.45, 2.75) is 26.5 Å². The molecule has 1 amide bonds. The summed E-state index contributed by atoms with van der Waals surface area (Å²) in [6.45, 7) is 9.14. The quantitative estimate of drug-likeness (QED) is 0.608. The summed E-state index contributed by atoms with van der Waals surface area (Å²) in [7, 11) is 0. The van der Waals surface area contributed by atoms with E-state index < -0.39 is 6.48 Å². The Labute approximate surface area is 137 Å². The summed E-state index contributed by atoms with van der Waals surface area (Å²) in [6.07, 6.45) is 0.0584. The lowest BCUT2D eigenvalue weighted by Gasteiger charge is -2.44. The van der Waals surface area contributed by atoms with Crippen molar-refractivity contribution in [3.63, 3.8) is 0 Å². The third-order valence-corrected chi connectivity index (χ3v) is 4.35. The lowest BCUT2D eigenvalue weighted by Crippen LogP contribution is -2.60. The average Bonchev–Trinajstić information content (AvgIpc) is 2.57. The standard InChI is InChI=1S/C15H29N3O5/c1-3-22-15(20)23-12-14(18-8-10-21-11-9-18)17-6-4-16(5-7-17)13(2)19/h14-15,20H,3-12H2,1-2H3. The van der Waals surface area contributed by atoms with Crippen LogP contribution in [0.3, 0.4) is 0 Å². The first-order chi connectivity index (χ1) is 11.1. The van der Waals surface area contributed by atoms with Crippen LogP contribution in [0, 0.1) is 0 Å². The molecule has 0 aliphatic carbocycles. The van der Waals surface area contributed by atoms with Crippen LogP contribution in [0.2, 0.25) is 0 Å². The van der Waals surface area contributed by atoms with Crippen LogP contribution < -0.4 is 0 Å². The van der Waals surface area contributed by atoms with Crippen LogP contribution in [0.15, 0.2) is 0 Å². The van der Waals surface area contributed by atoms with Crippen molar-refractivity contribution in [3.05, 3.63) is 0 Å². The summed E-state index contributed by atoms with van der Waals surface area (Å²) < 4.78 is 15.9. The van der Waals surface area contributed by atoms with Crippen LogP contribution in [0.25, 0.3) is 0 Å². The first kappa shape index (κ1) is 18.6. The van der Waals surface area contributed by atoms with E-state index in [4.69, 9.17) is 14.2 Å². The molecule has 2 atom stereocenters. The molecule has 0 aromatic carbocycles. The van der Waals surface area contributed by atoms with Crippen LogP contribution in [-0.4, -0.2) is 104 Å². The number of ether oxygens (including phenoxy) is 3. The molecule has 2 saturated heterocycles. The Hall–Kier alpha value is -0.770. The van der Waals surface area contributed by atoms with Gasteiger partial charge in [-0.25, -0.2) is 0 Å². The summed E-state index contributed by atoms with van der Waals surface area (Å²) in [4.78, 5) is 18.0. The molecule has 0 spiro atoms. The van der Waals surface area contributed by atoms with E-state index in [-0.39, 0.29) is 12.1 Å². The molecule has 23 heavy (non-hydrogen) atoms. The highest BCUT2D eigenvalue weighted by molar-refractivity contribution is 5.73. The molecule has 1 N–H and O–H groups in total. The number of piperazine rings is 1. The number of hydrogen-bond acceptors (Lipinski definition) is 7. The second-order valence-corrected chi connectivity index (χ2v) is 5.77. The van der Waals surface area contributed by atoms with Crippen LogP contribution in [0.4, 0.5) is 0 Å². The van der Waals surface area contributed by atoms with Crippen molar-refractivity contribution in [1.29, 1.82) is 0 Å². The van der Waals surface area contributed by atoms with E-state index in [0.29, 0.717) is 26.4 Å². The minimum absolute atomic E-state index is 0.0584. The molecule has 2 aliphatic rings. The van der Waals surface area contributed by atoms with Gasteiger partial charge in [0.2, 0.25) is 5.91 Å². The number of aliphatic hydroxyl groups excluding tert-OH is 1. The minimum Gasteiger partial charge on any atom is -0.379 e. The van der Waals surface area contributed by atoms with Crippen molar-refractivity contribution in [3.8, 4) is 0 Å². The van der Waals surface area contributed by atoms with Gasteiger partial charge >= 0.3 is 0 Å². The van der Waals surface area contributed by atoms with Gasteiger partial charge in [-0.2, -0.15) is 0 Å². The van der Waals surface area contributed by atoms with Crippen molar-refractivity contribution in [2.24, 2.45) is 0 Å². The molecule has 0 saturated carbocycles. The van der Waals surface area contributed by atoms with E-state index in [0.717, 1.165) is 39.3 Å². The second kappa shape index (κ2) is 9.51. The second-order valence-electron chi connectivity index (χ2n) is 5.77. The lowest BCUT2D eigenvalue weighted by molar-refractivity contribution is -0.272.